The third-order valence-corrected chi connectivity index (χ3v) is 8.73. The molecule has 1 aliphatic heterocycles. The number of amides is 2. The predicted octanol–water partition coefficient (Wildman–Crippen LogP) is 5.83. The van der Waals surface area contributed by atoms with Crippen LogP contribution in [0.25, 0.3) is 0 Å². The van der Waals surface area contributed by atoms with Crippen LogP contribution in [-0.2, 0) is 17.6 Å². The van der Waals surface area contributed by atoms with E-state index in [0.717, 1.165) is 62.4 Å². The van der Waals surface area contributed by atoms with E-state index < -0.39 is 0 Å². The molecule has 1 atom stereocenters. The lowest BCUT2D eigenvalue weighted by atomic mass is 9.72. The van der Waals surface area contributed by atoms with E-state index in [1.54, 1.807) is 18.4 Å². The summed E-state index contributed by atoms with van der Waals surface area (Å²) in [5, 5.41) is 6.85. The van der Waals surface area contributed by atoms with Crippen molar-refractivity contribution >= 4 is 33.8 Å². The maximum atomic E-state index is 13.5. The van der Waals surface area contributed by atoms with Crippen LogP contribution in [0.4, 0.5) is 10.7 Å². The van der Waals surface area contributed by atoms with Crippen LogP contribution in [-0.4, -0.2) is 43.5 Å². The molecule has 0 spiro atoms. The number of ether oxygens (including phenoxy) is 1. The Hall–Kier alpha value is -2.38. The maximum absolute atomic E-state index is 13.5. The van der Waals surface area contributed by atoms with Gasteiger partial charge in [-0.3, -0.25) is 14.5 Å². The van der Waals surface area contributed by atoms with Gasteiger partial charge >= 0.3 is 0 Å². The van der Waals surface area contributed by atoms with Crippen molar-refractivity contribution in [2.75, 3.05) is 37.4 Å². The Bertz CT molecular complexity index is 1050. The second-order valence-corrected chi connectivity index (χ2v) is 12.3. The van der Waals surface area contributed by atoms with Gasteiger partial charge in [-0.05, 0) is 92.3 Å². The maximum Gasteiger partial charge on any atom is 0.258 e. The first-order valence-corrected chi connectivity index (χ1v) is 13.6. The highest BCUT2D eigenvalue weighted by molar-refractivity contribution is 7.17. The largest absolute Gasteiger partial charge is 0.497 e. The van der Waals surface area contributed by atoms with Gasteiger partial charge in [0.05, 0.1) is 19.2 Å². The van der Waals surface area contributed by atoms with Crippen LogP contribution in [0.5, 0.6) is 5.75 Å². The molecule has 2 aliphatic rings. The Labute approximate surface area is 213 Å². The van der Waals surface area contributed by atoms with E-state index in [0.29, 0.717) is 28.7 Å². The smallest absolute Gasteiger partial charge is 0.258 e. The molecule has 1 aromatic carbocycles. The lowest BCUT2D eigenvalue weighted by Gasteiger charge is -2.33. The summed E-state index contributed by atoms with van der Waals surface area (Å²) in [5.41, 5.74) is 2.65. The summed E-state index contributed by atoms with van der Waals surface area (Å²) in [7, 11) is 1.62. The fourth-order valence-corrected chi connectivity index (χ4v) is 6.45. The van der Waals surface area contributed by atoms with Crippen molar-refractivity contribution in [2.24, 2.45) is 17.3 Å². The topological polar surface area (TPSA) is 70.7 Å². The molecule has 1 fully saturated rings. The Kier molecular flexibility index (Phi) is 7.86. The average Bonchev–Trinajstić information content (AvgIpc) is 3.17. The number of hydrogen-bond acceptors (Lipinski definition) is 5. The van der Waals surface area contributed by atoms with E-state index >= 15 is 0 Å². The van der Waals surface area contributed by atoms with E-state index in [1.807, 2.05) is 24.3 Å². The minimum atomic E-state index is -0.163. The van der Waals surface area contributed by atoms with Crippen LogP contribution in [0, 0.1) is 17.3 Å². The third kappa shape index (κ3) is 6.25. The fourth-order valence-electron chi connectivity index (χ4n) is 5.11. The number of likely N-dealkylation sites (tertiary alicyclic amines) is 1. The zero-order valence-corrected chi connectivity index (χ0v) is 22.5. The van der Waals surface area contributed by atoms with Gasteiger partial charge in [-0.25, -0.2) is 0 Å². The molecule has 0 bridgehead atoms. The van der Waals surface area contributed by atoms with Crippen LogP contribution < -0.4 is 15.4 Å². The average molecular weight is 498 g/mol. The lowest BCUT2D eigenvalue weighted by Crippen LogP contribution is -2.38. The molecule has 0 unspecified atom stereocenters. The Morgan fingerprint density at radius 1 is 1.09 bits per heavy atom. The summed E-state index contributed by atoms with van der Waals surface area (Å²) >= 11 is 1.59. The molecule has 190 valence electrons. The number of carbonyl (C=O) groups excluding carboxylic acids is 2. The number of benzene rings is 1. The van der Waals surface area contributed by atoms with E-state index in [2.05, 4.69) is 43.2 Å². The number of nitrogens with one attached hydrogen (secondary N) is 2. The molecule has 2 N–H and O–H groups in total. The Morgan fingerprint density at radius 2 is 1.77 bits per heavy atom. The SMILES string of the molecule is COc1ccc(NC(=O)c2c(NC(=O)CN3CCC(C)CC3)sc3c2CC[C@H](C(C)(C)C)C3)cc1. The zero-order valence-electron chi connectivity index (χ0n) is 21.7. The quantitative estimate of drug-likeness (QED) is 0.527. The molecular weight excluding hydrogens is 458 g/mol. The second kappa shape index (κ2) is 10.7. The van der Waals surface area contributed by atoms with E-state index in [-0.39, 0.29) is 17.2 Å². The minimum absolute atomic E-state index is 0.0379. The molecule has 35 heavy (non-hydrogen) atoms. The summed E-state index contributed by atoms with van der Waals surface area (Å²) < 4.78 is 5.23. The minimum Gasteiger partial charge on any atom is -0.497 e. The van der Waals surface area contributed by atoms with Gasteiger partial charge in [-0.15, -0.1) is 11.3 Å². The number of thiophene rings is 1. The van der Waals surface area contributed by atoms with Crippen LogP contribution >= 0.6 is 11.3 Å². The van der Waals surface area contributed by atoms with Gasteiger partial charge in [-0.1, -0.05) is 27.7 Å². The van der Waals surface area contributed by atoms with Crippen molar-refractivity contribution in [1.82, 2.24) is 4.90 Å². The third-order valence-electron chi connectivity index (χ3n) is 7.56. The molecule has 1 aliphatic carbocycles. The highest BCUT2D eigenvalue weighted by atomic mass is 32.1. The van der Waals surface area contributed by atoms with E-state index in [4.69, 9.17) is 4.74 Å². The molecule has 6 nitrogen and oxygen atoms in total. The van der Waals surface area contributed by atoms with Gasteiger partial charge in [-0.2, -0.15) is 0 Å². The molecule has 1 saturated heterocycles. The van der Waals surface area contributed by atoms with E-state index in [1.165, 1.54) is 4.88 Å². The van der Waals surface area contributed by atoms with Crippen molar-refractivity contribution in [3.63, 3.8) is 0 Å². The van der Waals surface area contributed by atoms with Crippen molar-refractivity contribution in [2.45, 2.75) is 59.8 Å². The lowest BCUT2D eigenvalue weighted by molar-refractivity contribution is -0.117. The standard InChI is InChI=1S/C28H39N3O3S/c1-18-12-14-31(15-13-18)17-24(32)30-27-25(26(33)29-20-7-9-21(34-5)10-8-20)22-11-6-19(28(2,3)4)16-23(22)35-27/h7-10,18-19H,6,11-17H2,1-5H3,(H,29,33)(H,30,32)/t19-/m0/s1. The molecule has 7 heteroatoms. The Morgan fingerprint density at radius 3 is 2.40 bits per heavy atom. The van der Waals surface area contributed by atoms with Gasteiger partial charge in [0.25, 0.3) is 5.91 Å². The van der Waals surface area contributed by atoms with Crippen LogP contribution in [0.15, 0.2) is 24.3 Å². The second-order valence-electron chi connectivity index (χ2n) is 11.2. The van der Waals surface area contributed by atoms with Crippen LogP contribution in [0.2, 0.25) is 0 Å². The predicted molar refractivity (Wildman–Crippen MR) is 144 cm³/mol. The van der Waals surface area contributed by atoms with Gasteiger partial charge < -0.3 is 15.4 Å². The van der Waals surface area contributed by atoms with E-state index in [9.17, 15) is 9.59 Å². The number of carbonyl (C=O) groups is 2. The zero-order chi connectivity index (χ0) is 25.2. The summed E-state index contributed by atoms with van der Waals surface area (Å²) in [6.45, 7) is 11.4. The highest BCUT2D eigenvalue weighted by Gasteiger charge is 2.34. The molecule has 0 saturated carbocycles. The van der Waals surface area contributed by atoms with Crippen molar-refractivity contribution in [3.8, 4) is 5.75 Å². The highest BCUT2D eigenvalue weighted by Crippen LogP contribution is 2.44. The van der Waals surface area contributed by atoms with Crippen molar-refractivity contribution in [3.05, 3.63) is 40.3 Å². The molecule has 2 aromatic rings. The van der Waals surface area contributed by atoms with Crippen molar-refractivity contribution < 1.29 is 14.3 Å². The molecule has 2 amide bonds. The molecular formula is C28H39N3O3S. The summed E-state index contributed by atoms with van der Waals surface area (Å²) in [4.78, 5) is 30.0. The molecule has 2 heterocycles. The fraction of sp³-hybridized carbons (Fsp3) is 0.571. The Balaban J connectivity index is 1.56. The monoisotopic (exact) mass is 497 g/mol. The number of anilines is 2. The van der Waals surface area contributed by atoms with Gasteiger partial charge in [0, 0.05) is 10.6 Å². The number of rotatable bonds is 6. The number of nitrogens with zero attached hydrogens (tertiary/aromatic N) is 1. The van der Waals surface area contributed by atoms with Crippen LogP contribution in [0.1, 0.15) is 67.8 Å². The van der Waals surface area contributed by atoms with Gasteiger partial charge in [0.1, 0.15) is 10.8 Å². The first kappa shape index (κ1) is 25.7. The number of hydrogen-bond donors (Lipinski definition) is 2. The summed E-state index contributed by atoms with van der Waals surface area (Å²) in [5.74, 6) is 1.82. The first-order chi connectivity index (χ1) is 16.6. The first-order valence-electron chi connectivity index (χ1n) is 12.8. The van der Waals surface area contributed by atoms with Crippen LogP contribution in [0.3, 0.4) is 0 Å². The van der Waals surface area contributed by atoms with Gasteiger partial charge in [0.15, 0.2) is 0 Å². The normalized spacial score (nSPS) is 19.2. The molecule has 4 rings (SSSR count). The molecule has 1 aromatic heterocycles. The summed E-state index contributed by atoms with van der Waals surface area (Å²) in [6, 6.07) is 7.32. The summed E-state index contributed by atoms with van der Waals surface area (Å²) in [6.07, 6.45) is 5.12. The number of piperidine rings is 1. The van der Waals surface area contributed by atoms with Gasteiger partial charge in [0.2, 0.25) is 5.91 Å². The van der Waals surface area contributed by atoms with Crippen molar-refractivity contribution in [1.29, 1.82) is 0 Å². The number of methoxy groups -OCH3 is 1. The molecule has 0 radical (unpaired) electrons. The number of fused-ring (bicyclic) bond motifs is 1.